The molecule has 1 aromatic carbocycles. The number of aliphatic imine (C=N–C) groups is 1. The molecule has 0 heterocycles. The number of rotatable bonds is 3. The number of nitrogens with zero attached hydrogens (tertiary/aromatic N) is 2. The molecule has 0 aromatic heterocycles. The molecule has 0 radical (unpaired) electrons. The maximum absolute atomic E-state index is 11.6. The van der Waals surface area contributed by atoms with Gasteiger partial charge in [-0.3, -0.25) is 10.2 Å². The highest BCUT2D eigenvalue weighted by Gasteiger charge is 2.05. The molecule has 1 rings (SSSR count). The molecule has 6 N–H and O–H groups in total. The molecule has 0 bridgehead atoms. The molecule has 19 heavy (non-hydrogen) atoms. The van der Waals surface area contributed by atoms with E-state index < -0.39 is 0 Å². The van der Waals surface area contributed by atoms with Crippen LogP contribution >= 0.6 is 11.8 Å². The third-order valence-corrected chi connectivity index (χ3v) is 2.62. The van der Waals surface area contributed by atoms with Crippen LogP contribution in [0.15, 0.2) is 29.3 Å². The van der Waals surface area contributed by atoms with E-state index in [1.165, 1.54) is 0 Å². The fourth-order valence-electron chi connectivity index (χ4n) is 1.15. The first-order valence-electron chi connectivity index (χ1n) is 5.12. The Bertz CT molecular complexity index is 559. The first-order valence-corrected chi connectivity index (χ1v) is 6.11. The number of carbonyl (C=O) groups excluding carboxylic acids is 1. The number of nitrogens with one attached hydrogen (secondary N) is 2. The fourth-order valence-corrected chi connectivity index (χ4v) is 1.66. The minimum atomic E-state index is -0.310. The zero-order valence-corrected chi connectivity index (χ0v) is 10.7. The van der Waals surface area contributed by atoms with Gasteiger partial charge in [0.05, 0.1) is 17.4 Å². The van der Waals surface area contributed by atoms with E-state index in [2.05, 4.69) is 10.3 Å². The molecule has 7 nitrogen and oxygen atoms in total. The number of amidine groups is 1. The van der Waals surface area contributed by atoms with E-state index in [1.54, 1.807) is 24.3 Å². The molecule has 0 atom stereocenters. The lowest BCUT2D eigenvalue weighted by molar-refractivity contribution is -0.113. The van der Waals surface area contributed by atoms with Crippen LogP contribution in [0.4, 0.5) is 5.69 Å². The van der Waals surface area contributed by atoms with E-state index in [0.29, 0.717) is 11.3 Å². The maximum atomic E-state index is 11.6. The number of carbonyl (C=O) groups is 1. The summed E-state index contributed by atoms with van der Waals surface area (Å²) in [5, 5.41) is 18.5. The Balaban J connectivity index is 2.50. The van der Waals surface area contributed by atoms with Crippen LogP contribution in [0.25, 0.3) is 0 Å². The molecule has 0 aliphatic rings. The summed E-state index contributed by atoms with van der Waals surface area (Å²) in [6.07, 6.45) is 0. The molecule has 0 aliphatic carbocycles. The third kappa shape index (κ3) is 5.56. The van der Waals surface area contributed by atoms with E-state index in [1.807, 2.05) is 6.07 Å². The van der Waals surface area contributed by atoms with Crippen LogP contribution in [0.2, 0.25) is 0 Å². The number of guanidine groups is 1. The average Bonchev–Trinajstić information content (AvgIpc) is 2.36. The number of hydrogen-bond acceptors (Lipinski definition) is 4. The van der Waals surface area contributed by atoms with Crippen molar-refractivity contribution in [2.45, 2.75) is 0 Å². The molecule has 98 valence electrons. The summed E-state index contributed by atoms with van der Waals surface area (Å²) in [4.78, 5) is 15.1. The van der Waals surface area contributed by atoms with E-state index in [9.17, 15) is 4.79 Å². The molecule has 0 aliphatic heterocycles. The van der Waals surface area contributed by atoms with Gasteiger partial charge in [0.2, 0.25) is 5.91 Å². The summed E-state index contributed by atoms with van der Waals surface area (Å²) >= 11 is 0.901. The van der Waals surface area contributed by atoms with Gasteiger partial charge in [-0.1, -0.05) is 17.8 Å². The highest BCUT2D eigenvalue weighted by Crippen LogP contribution is 2.11. The van der Waals surface area contributed by atoms with Crippen molar-refractivity contribution in [3.8, 4) is 6.07 Å². The third-order valence-electron chi connectivity index (χ3n) is 1.85. The Morgan fingerprint density at radius 3 is 2.89 bits per heavy atom. The number of benzene rings is 1. The highest BCUT2D eigenvalue weighted by atomic mass is 32.2. The fraction of sp³-hybridized carbons (Fsp3) is 0.0909. The van der Waals surface area contributed by atoms with Gasteiger partial charge in [0.25, 0.3) is 0 Å². The smallest absolute Gasteiger partial charge is 0.234 e. The van der Waals surface area contributed by atoms with Crippen LogP contribution in [0.3, 0.4) is 0 Å². The lowest BCUT2D eigenvalue weighted by Crippen LogP contribution is -2.24. The van der Waals surface area contributed by atoms with Crippen LogP contribution in [0, 0.1) is 16.7 Å². The van der Waals surface area contributed by atoms with Crippen molar-refractivity contribution in [1.82, 2.24) is 0 Å². The summed E-state index contributed by atoms with van der Waals surface area (Å²) in [5.41, 5.74) is 11.2. The monoisotopic (exact) mass is 276 g/mol. The summed E-state index contributed by atoms with van der Waals surface area (Å²) < 4.78 is 0. The normalized spacial score (nSPS) is 9.21. The second kappa shape index (κ2) is 7.03. The predicted octanol–water partition coefficient (Wildman–Crippen LogP) is 0.438. The Kier molecular flexibility index (Phi) is 5.37. The first kappa shape index (κ1) is 14.5. The Morgan fingerprint density at radius 1 is 1.53 bits per heavy atom. The van der Waals surface area contributed by atoms with Crippen molar-refractivity contribution in [1.29, 1.82) is 10.7 Å². The molecule has 0 fully saturated rings. The number of nitriles is 1. The van der Waals surface area contributed by atoms with Gasteiger partial charge in [-0.25, -0.2) is 0 Å². The van der Waals surface area contributed by atoms with Gasteiger partial charge in [-0.2, -0.15) is 10.3 Å². The summed E-state index contributed by atoms with van der Waals surface area (Å²) in [6, 6.07) is 8.51. The standard InChI is InChI=1S/C11H12N6OS/c12-5-7-2-1-3-8(4-7)16-9(18)6-19-11(15)17-10(13)14/h1-4H,6H2,(H,16,18)(H5,13,14,15,17). The summed E-state index contributed by atoms with van der Waals surface area (Å²) in [7, 11) is 0. The maximum Gasteiger partial charge on any atom is 0.234 e. The Hall–Kier alpha value is -2.53. The van der Waals surface area contributed by atoms with Crippen LogP contribution in [0.5, 0.6) is 0 Å². The second-order valence-electron chi connectivity index (χ2n) is 3.37. The van der Waals surface area contributed by atoms with Gasteiger partial charge in [0.1, 0.15) is 0 Å². The van der Waals surface area contributed by atoms with Crippen LogP contribution < -0.4 is 16.8 Å². The van der Waals surface area contributed by atoms with E-state index >= 15 is 0 Å². The average molecular weight is 276 g/mol. The SMILES string of the molecule is N#Cc1cccc(NC(=O)CSC(=N)N=C(N)N)c1. The number of thioether (sulfide) groups is 1. The molecule has 8 heteroatoms. The minimum Gasteiger partial charge on any atom is -0.370 e. The van der Waals surface area contributed by atoms with Gasteiger partial charge in [0.15, 0.2) is 11.1 Å². The van der Waals surface area contributed by atoms with Crippen molar-refractivity contribution >= 4 is 34.5 Å². The molecular formula is C11H12N6OS. The second-order valence-corrected chi connectivity index (χ2v) is 4.34. The zero-order chi connectivity index (χ0) is 14.3. The number of amides is 1. The molecule has 0 saturated heterocycles. The molecule has 1 amide bonds. The molecule has 0 saturated carbocycles. The van der Waals surface area contributed by atoms with Crippen molar-refractivity contribution in [2.24, 2.45) is 16.5 Å². The van der Waals surface area contributed by atoms with E-state index in [0.717, 1.165) is 11.8 Å². The van der Waals surface area contributed by atoms with Gasteiger partial charge in [-0.05, 0) is 18.2 Å². The van der Waals surface area contributed by atoms with Crippen molar-refractivity contribution in [3.05, 3.63) is 29.8 Å². The lowest BCUT2D eigenvalue weighted by Gasteiger charge is -2.04. The van der Waals surface area contributed by atoms with E-state index in [4.69, 9.17) is 22.1 Å². The van der Waals surface area contributed by atoms with Crippen molar-refractivity contribution in [2.75, 3.05) is 11.1 Å². The summed E-state index contributed by atoms with van der Waals surface area (Å²) in [6.45, 7) is 0. The van der Waals surface area contributed by atoms with Crippen molar-refractivity contribution < 1.29 is 4.79 Å². The Labute approximate surface area is 114 Å². The number of anilines is 1. The van der Waals surface area contributed by atoms with Crippen LogP contribution in [-0.2, 0) is 4.79 Å². The van der Waals surface area contributed by atoms with Gasteiger partial charge in [-0.15, -0.1) is 0 Å². The largest absolute Gasteiger partial charge is 0.370 e. The quantitative estimate of drug-likeness (QED) is 0.468. The number of hydrogen-bond donors (Lipinski definition) is 4. The molecule has 1 aromatic rings. The van der Waals surface area contributed by atoms with Gasteiger partial charge >= 0.3 is 0 Å². The topological polar surface area (TPSA) is 141 Å². The highest BCUT2D eigenvalue weighted by molar-refractivity contribution is 8.14. The van der Waals surface area contributed by atoms with Crippen molar-refractivity contribution in [3.63, 3.8) is 0 Å². The van der Waals surface area contributed by atoms with Gasteiger partial charge < -0.3 is 16.8 Å². The van der Waals surface area contributed by atoms with E-state index in [-0.39, 0.29) is 22.8 Å². The van der Waals surface area contributed by atoms with Crippen LogP contribution in [-0.4, -0.2) is 22.8 Å². The molecule has 0 unspecified atom stereocenters. The number of nitrogens with two attached hydrogens (primary N) is 2. The molecule has 0 spiro atoms. The van der Waals surface area contributed by atoms with Gasteiger partial charge in [0, 0.05) is 5.69 Å². The Morgan fingerprint density at radius 2 is 2.26 bits per heavy atom. The first-order chi connectivity index (χ1) is 9.01. The zero-order valence-electron chi connectivity index (χ0n) is 9.88. The summed E-state index contributed by atoms with van der Waals surface area (Å²) in [5.74, 6) is -0.526. The molecular weight excluding hydrogens is 264 g/mol. The lowest BCUT2D eigenvalue weighted by atomic mass is 10.2. The predicted molar refractivity (Wildman–Crippen MR) is 75.8 cm³/mol. The van der Waals surface area contributed by atoms with Crippen LogP contribution in [0.1, 0.15) is 5.56 Å². The minimum absolute atomic E-state index is 0.00634.